The van der Waals surface area contributed by atoms with E-state index in [1.54, 1.807) is 31.5 Å². The molecule has 0 bridgehead atoms. The number of aromatic amines is 1. The van der Waals surface area contributed by atoms with E-state index in [0.29, 0.717) is 23.5 Å². The number of carbonyl (C=O) groups excluding carboxylic acids is 1. The third-order valence-corrected chi connectivity index (χ3v) is 5.93. The van der Waals surface area contributed by atoms with E-state index in [1.165, 1.54) is 31.5 Å². The average Bonchev–Trinajstić information content (AvgIpc) is 3.32. The van der Waals surface area contributed by atoms with Crippen molar-refractivity contribution in [1.29, 1.82) is 0 Å². The SMILES string of the molecule is Cc1nc(-c2ccncc2)[nH]c(=O)c1CCC(=O)Nc1ccc(CCN2CCCC2)cc1. The molecule has 2 N–H and O–H groups in total. The largest absolute Gasteiger partial charge is 0.326 e. The van der Waals surface area contributed by atoms with Crippen LogP contribution >= 0.6 is 0 Å². The minimum atomic E-state index is -0.209. The molecule has 0 aliphatic carbocycles. The highest BCUT2D eigenvalue weighted by atomic mass is 16.1. The molecule has 0 radical (unpaired) electrons. The maximum absolute atomic E-state index is 12.6. The maximum atomic E-state index is 12.6. The zero-order valence-electron chi connectivity index (χ0n) is 18.4. The molecular formula is C25H29N5O2. The van der Waals surface area contributed by atoms with E-state index in [4.69, 9.17) is 0 Å². The first-order valence-electron chi connectivity index (χ1n) is 11.2. The topological polar surface area (TPSA) is 91.0 Å². The Morgan fingerprint density at radius 2 is 1.78 bits per heavy atom. The molecule has 1 amide bonds. The standard InChI is InChI=1S/C25H29N5O2/c1-18-22(25(32)29-24(27-18)20-10-13-26-14-11-20)8-9-23(31)28-21-6-4-19(5-7-21)12-17-30-15-2-3-16-30/h4-7,10-11,13-14H,2-3,8-9,12,15-17H2,1H3,(H,28,31)(H,27,29,32). The zero-order valence-corrected chi connectivity index (χ0v) is 18.4. The lowest BCUT2D eigenvalue weighted by atomic mass is 10.1. The lowest BCUT2D eigenvalue weighted by Crippen LogP contribution is -2.22. The molecule has 7 heteroatoms. The third-order valence-electron chi connectivity index (χ3n) is 5.93. The summed E-state index contributed by atoms with van der Waals surface area (Å²) in [5, 5.41) is 2.92. The van der Waals surface area contributed by atoms with Crippen molar-refractivity contribution < 1.29 is 4.79 Å². The Labute approximate surface area is 187 Å². The van der Waals surface area contributed by atoms with Crippen LogP contribution in [0.4, 0.5) is 5.69 Å². The first-order chi connectivity index (χ1) is 15.6. The second kappa shape index (κ2) is 10.3. The molecule has 0 atom stereocenters. The molecule has 0 saturated carbocycles. The van der Waals surface area contributed by atoms with Gasteiger partial charge in [0.15, 0.2) is 0 Å². The molecule has 1 aromatic carbocycles. The van der Waals surface area contributed by atoms with Crippen molar-refractivity contribution in [3.05, 3.63) is 76.0 Å². The van der Waals surface area contributed by atoms with Crippen molar-refractivity contribution in [2.75, 3.05) is 25.0 Å². The van der Waals surface area contributed by atoms with Gasteiger partial charge in [-0.3, -0.25) is 14.6 Å². The zero-order chi connectivity index (χ0) is 22.3. The molecule has 0 spiro atoms. The van der Waals surface area contributed by atoms with E-state index >= 15 is 0 Å². The molecule has 1 saturated heterocycles. The highest BCUT2D eigenvalue weighted by Crippen LogP contribution is 2.15. The van der Waals surface area contributed by atoms with Gasteiger partial charge in [-0.15, -0.1) is 0 Å². The van der Waals surface area contributed by atoms with Crippen LogP contribution in [0.2, 0.25) is 0 Å². The van der Waals surface area contributed by atoms with Gasteiger partial charge in [-0.2, -0.15) is 0 Å². The van der Waals surface area contributed by atoms with Gasteiger partial charge in [-0.05, 0) is 75.5 Å². The van der Waals surface area contributed by atoms with Crippen LogP contribution in [0.3, 0.4) is 0 Å². The normalized spacial score (nSPS) is 13.9. The summed E-state index contributed by atoms with van der Waals surface area (Å²) in [5.74, 6) is 0.389. The van der Waals surface area contributed by atoms with E-state index in [1.807, 2.05) is 12.1 Å². The Bertz CT molecular complexity index is 1100. The van der Waals surface area contributed by atoms with Crippen LogP contribution in [0, 0.1) is 6.92 Å². The lowest BCUT2D eigenvalue weighted by Gasteiger charge is -2.14. The van der Waals surface area contributed by atoms with Crippen LogP contribution in [0.1, 0.15) is 36.1 Å². The Morgan fingerprint density at radius 1 is 1.06 bits per heavy atom. The van der Waals surface area contributed by atoms with E-state index in [-0.39, 0.29) is 17.9 Å². The fourth-order valence-corrected chi connectivity index (χ4v) is 4.06. The van der Waals surface area contributed by atoms with Crippen molar-refractivity contribution in [2.45, 2.75) is 39.0 Å². The second-order valence-corrected chi connectivity index (χ2v) is 8.26. The second-order valence-electron chi connectivity index (χ2n) is 8.26. The molecule has 32 heavy (non-hydrogen) atoms. The van der Waals surface area contributed by atoms with Gasteiger partial charge in [-0.1, -0.05) is 12.1 Å². The first-order valence-corrected chi connectivity index (χ1v) is 11.2. The van der Waals surface area contributed by atoms with Gasteiger partial charge in [0.05, 0.1) is 0 Å². The number of rotatable bonds is 8. The number of nitrogens with one attached hydrogen (secondary N) is 2. The highest BCUT2D eigenvalue weighted by molar-refractivity contribution is 5.90. The number of nitrogens with zero attached hydrogens (tertiary/aromatic N) is 3. The summed E-state index contributed by atoms with van der Waals surface area (Å²) in [6, 6.07) is 11.6. The van der Waals surface area contributed by atoms with Crippen LogP contribution in [0.15, 0.2) is 53.6 Å². The summed E-state index contributed by atoms with van der Waals surface area (Å²) in [7, 11) is 0. The molecule has 4 rings (SSSR count). The lowest BCUT2D eigenvalue weighted by molar-refractivity contribution is -0.116. The summed E-state index contributed by atoms with van der Waals surface area (Å²) < 4.78 is 0. The summed E-state index contributed by atoms with van der Waals surface area (Å²) in [5.41, 5.74) is 3.81. The van der Waals surface area contributed by atoms with Crippen molar-refractivity contribution in [1.82, 2.24) is 19.9 Å². The van der Waals surface area contributed by atoms with Gasteiger partial charge >= 0.3 is 0 Å². The predicted octanol–water partition coefficient (Wildman–Crippen LogP) is 3.35. The monoisotopic (exact) mass is 431 g/mol. The first kappa shape index (κ1) is 21.9. The fourth-order valence-electron chi connectivity index (χ4n) is 4.06. The highest BCUT2D eigenvalue weighted by Gasteiger charge is 2.13. The van der Waals surface area contributed by atoms with Crippen LogP contribution < -0.4 is 10.9 Å². The predicted molar refractivity (Wildman–Crippen MR) is 126 cm³/mol. The van der Waals surface area contributed by atoms with Crippen LogP contribution in [-0.4, -0.2) is 45.4 Å². The molecule has 2 aromatic heterocycles. The number of anilines is 1. The Hall–Kier alpha value is -3.32. The number of likely N-dealkylation sites (tertiary alicyclic amines) is 1. The summed E-state index contributed by atoms with van der Waals surface area (Å²) >= 11 is 0. The van der Waals surface area contributed by atoms with Crippen LogP contribution in [-0.2, 0) is 17.6 Å². The number of pyridine rings is 1. The van der Waals surface area contributed by atoms with E-state index < -0.39 is 0 Å². The van der Waals surface area contributed by atoms with Gasteiger partial charge in [0, 0.05) is 47.9 Å². The smallest absolute Gasteiger partial charge is 0.254 e. The number of amides is 1. The molecular weight excluding hydrogens is 402 g/mol. The summed E-state index contributed by atoms with van der Waals surface area (Å²) in [4.78, 5) is 38.8. The molecule has 0 unspecified atom stereocenters. The number of hydrogen-bond donors (Lipinski definition) is 2. The molecule has 7 nitrogen and oxygen atoms in total. The minimum Gasteiger partial charge on any atom is -0.326 e. The Morgan fingerprint density at radius 3 is 2.47 bits per heavy atom. The van der Waals surface area contributed by atoms with Crippen LogP contribution in [0.5, 0.6) is 0 Å². The van der Waals surface area contributed by atoms with Gasteiger partial charge in [-0.25, -0.2) is 4.98 Å². The molecule has 3 heterocycles. The Balaban J connectivity index is 1.30. The number of aryl methyl sites for hydroxylation is 1. The number of H-pyrrole nitrogens is 1. The summed E-state index contributed by atoms with van der Waals surface area (Å²) in [6.45, 7) is 5.30. The third kappa shape index (κ3) is 5.68. The number of carbonyl (C=O) groups is 1. The van der Waals surface area contributed by atoms with Crippen molar-refractivity contribution in [2.24, 2.45) is 0 Å². The van der Waals surface area contributed by atoms with E-state index in [0.717, 1.165) is 24.2 Å². The molecule has 166 valence electrons. The van der Waals surface area contributed by atoms with Gasteiger partial charge in [0.25, 0.3) is 5.56 Å². The maximum Gasteiger partial charge on any atom is 0.254 e. The van der Waals surface area contributed by atoms with Crippen molar-refractivity contribution >= 4 is 11.6 Å². The quantitative estimate of drug-likeness (QED) is 0.571. The van der Waals surface area contributed by atoms with E-state index in [2.05, 4.69) is 37.3 Å². The molecule has 1 aliphatic heterocycles. The minimum absolute atomic E-state index is 0.119. The molecule has 3 aromatic rings. The van der Waals surface area contributed by atoms with E-state index in [9.17, 15) is 9.59 Å². The average molecular weight is 432 g/mol. The Kier molecular flexibility index (Phi) is 7.07. The van der Waals surface area contributed by atoms with Gasteiger partial charge < -0.3 is 15.2 Å². The van der Waals surface area contributed by atoms with Crippen LogP contribution in [0.25, 0.3) is 11.4 Å². The van der Waals surface area contributed by atoms with Crippen molar-refractivity contribution in [3.63, 3.8) is 0 Å². The number of hydrogen-bond acceptors (Lipinski definition) is 5. The van der Waals surface area contributed by atoms with Gasteiger partial charge in [0.1, 0.15) is 5.82 Å². The number of aromatic nitrogens is 3. The number of benzene rings is 1. The molecule has 1 fully saturated rings. The van der Waals surface area contributed by atoms with Gasteiger partial charge in [0.2, 0.25) is 5.91 Å². The fraction of sp³-hybridized carbons (Fsp3) is 0.360. The van der Waals surface area contributed by atoms with Crippen molar-refractivity contribution in [3.8, 4) is 11.4 Å². The summed E-state index contributed by atoms with van der Waals surface area (Å²) in [6.07, 6.45) is 7.51. The molecule has 1 aliphatic rings.